The third kappa shape index (κ3) is 4.24. The molecule has 3 aliphatic rings. The number of aliphatic hydroxyl groups is 1. The molecule has 2 saturated carbocycles. The van der Waals surface area contributed by atoms with Crippen LogP contribution in [0, 0.1) is 35.4 Å². The van der Waals surface area contributed by atoms with E-state index in [0.717, 1.165) is 37.1 Å². The predicted molar refractivity (Wildman–Crippen MR) is 143 cm³/mol. The van der Waals surface area contributed by atoms with E-state index >= 15 is 0 Å². The average Bonchev–Trinajstić information content (AvgIpc) is 2.84. The Morgan fingerprint density at radius 3 is 2.41 bits per heavy atom. The molecule has 5 rings (SSSR count). The normalized spacial score (nSPS) is 31.2. The van der Waals surface area contributed by atoms with Crippen LogP contribution in [-0.4, -0.2) is 31.2 Å². The van der Waals surface area contributed by atoms with Gasteiger partial charge in [0.05, 0.1) is 6.10 Å². The summed E-state index contributed by atoms with van der Waals surface area (Å²) < 4.78 is 58.3. The van der Waals surface area contributed by atoms with Crippen LogP contribution in [0.5, 0.6) is 17.2 Å². The molecule has 9 heteroatoms. The van der Waals surface area contributed by atoms with Crippen LogP contribution < -0.4 is 13.7 Å². The molecule has 1 aliphatic heterocycles. The number of esters is 1. The SMILES string of the molecule is CC(=O)Oc1cc(OS(=O)(=O)c2ccc(F)cc2)c2c(c1C)O[C@]13CC[C@H](O)C(C)(C)[C@@H]1CC[C@H](C)[C@@]3(C)C2. The molecule has 7 nitrogen and oxygen atoms in total. The number of rotatable bonds is 4. The first-order valence-electron chi connectivity index (χ1n) is 13.5. The fraction of sp³-hybridized carbons (Fsp3) is 0.567. The van der Waals surface area contributed by atoms with Gasteiger partial charge in [-0.1, -0.05) is 27.7 Å². The molecule has 0 unspecified atom stereocenters. The largest absolute Gasteiger partial charge is 0.486 e. The summed E-state index contributed by atoms with van der Waals surface area (Å²) in [6, 6.07) is 5.84. The van der Waals surface area contributed by atoms with Crippen molar-refractivity contribution in [3.63, 3.8) is 0 Å². The van der Waals surface area contributed by atoms with Crippen LogP contribution in [0.4, 0.5) is 4.39 Å². The van der Waals surface area contributed by atoms with Crippen molar-refractivity contribution in [2.45, 2.75) is 90.2 Å². The maximum absolute atomic E-state index is 13.5. The summed E-state index contributed by atoms with van der Waals surface area (Å²) in [7, 11) is -4.33. The lowest BCUT2D eigenvalue weighted by Crippen LogP contribution is -2.70. The minimum Gasteiger partial charge on any atom is -0.486 e. The van der Waals surface area contributed by atoms with Crippen LogP contribution in [0.15, 0.2) is 35.2 Å². The summed E-state index contributed by atoms with van der Waals surface area (Å²) in [5, 5.41) is 11.0. The highest BCUT2D eigenvalue weighted by molar-refractivity contribution is 7.87. The van der Waals surface area contributed by atoms with Gasteiger partial charge in [0, 0.05) is 35.4 Å². The zero-order chi connectivity index (χ0) is 28.5. The lowest BCUT2D eigenvalue weighted by atomic mass is 9.43. The fourth-order valence-corrected chi connectivity index (χ4v) is 8.41. The quantitative estimate of drug-likeness (QED) is 0.289. The number of hydrogen-bond acceptors (Lipinski definition) is 7. The average molecular weight is 561 g/mol. The van der Waals surface area contributed by atoms with Gasteiger partial charge in [-0.15, -0.1) is 0 Å². The number of carbonyl (C=O) groups excluding carboxylic acids is 1. The highest BCUT2D eigenvalue weighted by atomic mass is 32.2. The highest BCUT2D eigenvalue weighted by Crippen LogP contribution is 2.67. The molecule has 0 amide bonds. The molecule has 0 aromatic heterocycles. The van der Waals surface area contributed by atoms with Crippen LogP contribution in [-0.2, 0) is 21.3 Å². The fourth-order valence-electron chi connectivity index (χ4n) is 7.46. The number of fused-ring (bicyclic) bond motifs is 1. The molecule has 0 saturated heterocycles. The maximum Gasteiger partial charge on any atom is 0.339 e. The van der Waals surface area contributed by atoms with Gasteiger partial charge in [-0.25, -0.2) is 4.39 Å². The van der Waals surface area contributed by atoms with Crippen LogP contribution in [0.1, 0.15) is 71.4 Å². The van der Waals surface area contributed by atoms with Crippen molar-refractivity contribution in [2.24, 2.45) is 22.7 Å². The standard InChI is InChI=1S/C30H37FO7S/c1-17-7-12-25-28(4,5)26(33)13-14-30(25)29(17,6)16-22-24(15-23(36-19(3)32)18(2)27(22)37-30)38-39(34,35)21-10-8-20(31)9-11-21/h8-11,15,17,25-26,33H,7,12-14,16H2,1-6H3/t17-,25-,26-,29+,30+/m0/s1. The molecule has 2 fully saturated rings. The van der Waals surface area contributed by atoms with Crippen molar-refractivity contribution < 1.29 is 36.4 Å². The van der Waals surface area contributed by atoms with E-state index in [1.54, 1.807) is 6.92 Å². The van der Waals surface area contributed by atoms with E-state index in [9.17, 15) is 22.7 Å². The maximum atomic E-state index is 13.5. The molecule has 1 heterocycles. The van der Waals surface area contributed by atoms with E-state index in [0.29, 0.717) is 36.1 Å². The lowest BCUT2D eigenvalue weighted by Gasteiger charge is -2.67. The zero-order valence-electron chi connectivity index (χ0n) is 23.3. The van der Waals surface area contributed by atoms with Crippen LogP contribution >= 0.6 is 0 Å². The van der Waals surface area contributed by atoms with E-state index in [4.69, 9.17) is 13.7 Å². The summed E-state index contributed by atoms with van der Waals surface area (Å²) in [5.74, 6) is -0.170. The van der Waals surface area contributed by atoms with Crippen molar-refractivity contribution in [3.8, 4) is 17.2 Å². The summed E-state index contributed by atoms with van der Waals surface area (Å²) >= 11 is 0. The van der Waals surface area contributed by atoms with E-state index in [2.05, 4.69) is 27.7 Å². The summed E-state index contributed by atoms with van der Waals surface area (Å²) in [6.45, 7) is 11.7. The monoisotopic (exact) mass is 560 g/mol. The number of carbonyl (C=O) groups is 1. The Kier molecular flexibility index (Phi) is 6.58. The van der Waals surface area contributed by atoms with Crippen LogP contribution in [0.2, 0.25) is 0 Å². The Hall–Kier alpha value is -2.65. The smallest absolute Gasteiger partial charge is 0.339 e. The molecule has 1 spiro atoms. The van der Waals surface area contributed by atoms with Gasteiger partial charge in [0.1, 0.15) is 27.8 Å². The first-order valence-corrected chi connectivity index (χ1v) is 15.0. The first-order chi connectivity index (χ1) is 18.1. The third-order valence-corrected chi connectivity index (χ3v) is 11.2. The Morgan fingerprint density at radius 1 is 1.10 bits per heavy atom. The van der Waals surface area contributed by atoms with Gasteiger partial charge in [0.15, 0.2) is 5.75 Å². The Bertz CT molecular complexity index is 1420. The van der Waals surface area contributed by atoms with Gasteiger partial charge in [-0.2, -0.15) is 8.42 Å². The molecular weight excluding hydrogens is 523 g/mol. The molecule has 1 N–H and O–H groups in total. The number of ether oxygens (including phenoxy) is 2. The summed E-state index contributed by atoms with van der Waals surface area (Å²) in [4.78, 5) is 11.8. The molecule has 2 aliphatic carbocycles. The van der Waals surface area contributed by atoms with Crippen LogP contribution in [0.25, 0.3) is 0 Å². The second-order valence-corrected chi connectivity index (χ2v) is 13.9. The topological polar surface area (TPSA) is 99.1 Å². The summed E-state index contributed by atoms with van der Waals surface area (Å²) in [6.07, 6.45) is 3.13. The van der Waals surface area contributed by atoms with Crippen molar-refractivity contribution in [1.29, 1.82) is 0 Å². The molecule has 5 atom stereocenters. The van der Waals surface area contributed by atoms with Crippen molar-refractivity contribution in [1.82, 2.24) is 0 Å². The van der Waals surface area contributed by atoms with E-state index in [-0.39, 0.29) is 39.1 Å². The minimum absolute atomic E-state index is 0.0247. The van der Waals surface area contributed by atoms with Crippen molar-refractivity contribution in [2.75, 3.05) is 0 Å². The molecule has 2 aromatic rings. The van der Waals surface area contributed by atoms with E-state index in [1.165, 1.54) is 13.0 Å². The van der Waals surface area contributed by atoms with Gasteiger partial charge in [-0.05, 0) is 74.6 Å². The highest BCUT2D eigenvalue weighted by Gasteiger charge is 2.67. The van der Waals surface area contributed by atoms with Gasteiger partial charge in [-0.3, -0.25) is 4.79 Å². The van der Waals surface area contributed by atoms with Crippen molar-refractivity contribution >= 4 is 16.1 Å². The molecule has 2 aromatic carbocycles. The second-order valence-electron chi connectivity index (χ2n) is 12.4. The molecular formula is C30H37FO7S. The number of halogens is 1. The Labute approximate surface area is 229 Å². The molecule has 212 valence electrons. The van der Waals surface area contributed by atoms with E-state index in [1.807, 2.05) is 0 Å². The van der Waals surface area contributed by atoms with Gasteiger partial charge in [0.2, 0.25) is 0 Å². The second kappa shape index (κ2) is 9.20. The van der Waals surface area contributed by atoms with Gasteiger partial charge in [0.25, 0.3) is 0 Å². The minimum atomic E-state index is -4.33. The number of hydrogen-bond donors (Lipinski definition) is 1. The zero-order valence-corrected chi connectivity index (χ0v) is 24.2. The molecule has 39 heavy (non-hydrogen) atoms. The van der Waals surface area contributed by atoms with E-state index < -0.39 is 33.6 Å². The number of aliphatic hydroxyl groups excluding tert-OH is 1. The Morgan fingerprint density at radius 2 is 1.77 bits per heavy atom. The van der Waals surface area contributed by atoms with Crippen molar-refractivity contribution in [3.05, 3.63) is 47.3 Å². The Balaban J connectivity index is 1.69. The lowest BCUT2D eigenvalue weighted by molar-refractivity contribution is -0.233. The molecule has 0 radical (unpaired) electrons. The summed E-state index contributed by atoms with van der Waals surface area (Å²) in [5.41, 5.74) is -0.188. The first kappa shape index (κ1) is 27.9. The molecule has 0 bridgehead atoms. The third-order valence-electron chi connectivity index (χ3n) is 9.98. The van der Waals surface area contributed by atoms with Crippen LogP contribution in [0.3, 0.4) is 0 Å². The van der Waals surface area contributed by atoms with Gasteiger partial charge >= 0.3 is 16.1 Å². The van der Waals surface area contributed by atoms with Gasteiger partial charge < -0.3 is 18.8 Å². The number of benzene rings is 2. The predicted octanol–water partition coefficient (Wildman–Crippen LogP) is 5.73.